The van der Waals surface area contributed by atoms with E-state index < -0.39 is 37.1 Å². The molecule has 304 valence electrons. The number of alkyl halides is 1. The topological polar surface area (TPSA) is 95.8 Å². The molecule has 8 nitrogen and oxygen atoms in total. The lowest BCUT2D eigenvalue weighted by molar-refractivity contribution is -0.335. The molecule has 0 saturated carbocycles. The van der Waals surface area contributed by atoms with Gasteiger partial charge >= 0.3 is 0 Å². The molecule has 5 atom stereocenters. The average Bonchev–Trinajstić information content (AvgIpc) is 3.27. The van der Waals surface area contributed by atoms with Crippen LogP contribution >= 0.6 is 11.6 Å². The largest absolute Gasteiger partial charge is 0.488 e. The minimum atomic E-state index is -2.30. The van der Waals surface area contributed by atoms with Crippen LogP contribution in [0.4, 0.5) is 4.39 Å². The van der Waals surface area contributed by atoms with Crippen molar-refractivity contribution in [1.29, 1.82) is 0 Å². The molecule has 0 aliphatic carbocycles. The van der Waals surface area contributed by atoms with Gasteiger partial charge in [-0.25, -0.2) is 4.39 Å². The van der Waals surface area contributed by atoms with Crippen LogP contribution in [-0.4, -0.2) is 42.0 Å². The highest BCUT2D eigenvalue weighted by Gasteiger charge is 2.55. The molecule has 0 aromatic heterocycles. The second-order valence-electron chi connectivity index (χ2n) is 14.2. The van der Waals surface area contributed by atoms with Crippen LogP contribution in [0.15, 0.2) is 170 Å². The van der Waals surface area contributed by atoms with Gasteiger partial charge < -0.3 is 38.6 Å². The van der Waals surface area contributed by atoms with Crippen molar-refractivity contribution in [2.75, 3.05) is 13.5 Å². The normalized spacial score (nSPS) is 19.6. The van der Waals surface area contributed by atoms with Crippen LogP contribution in [0.2, 0.25) is 5.02 Å². The zero-order valence-corrected chi connectivity index (χ0v) is 33.1. The SMILES string of the molecule is C=C1[C@@H](COCc2ccccc2)OC(O)(c2cc(C(O)c3ccc(OCF)cc3)c(Cl)cc2OCc2ccccc2)[C@H](OCc2ccccc2)[C@H]1OCc1ccccc1. The Hall–Kier alpha value is -5.36. The second-order valence-corrected chi connectivity index (χ2v) is 14.6. The number of benzene rings is 6. The van der Waals surface area contributed by atoms with Crippen molar-refractivity contribution < 1.29 is 43.0 Å². The third kappa shape index (κ3) is 10.5. The molecular weight excluding hydrogens is 771 g/mol. The summed E-state index contributed by atoms with van der Waals surface area (Å²) >= 11 is 6.97. The van der Waals surface area contributed by atoms with Gasteiger partial charge in [0, 0.05) is 5.56 Å². The molecule has 10 heteroatoms. The summed E-state index contributed by atoms with van der Waals surface area (Å²) in [5.41, 5.74) is 4.92. The number of aliphatic hydroxyl groups is 2. The first-order valence-corrected chi connectivity index (χ1v) is 19.7. The van der Waals surface area contributed by atoms with Crippen LogP contribution in [0.1, 0.15) is 45.0 Å². The van der Waals surface area contributed by atoms with Gasteiger partial charge in [-0.05, 0) is 57.7 Å². The van der Waals surface area contributed by atoms with Gasteiger partial charge in [-0.2, -0.15) is 0 Å². The zero-order chi connectivity index (χ0) is 41.0. The molecule has 1 aliphatic heterocycles. The average molecular weight is 817 g/mol. The summed E-state index contributed by atoms with van der Waals surface area (Å²) in [6.45, 7) is 4.14. The van der Waals surface area contributed by atoms with E-state index in [9.17, 15) is 14.6 Å². The Balaban J connectivity index is 1.33. The van der Waals surface area contributed by atoms with E-state index >= 15 is 0 Å². The van der Waals surface area contributed by atoms with Crippen molar-refractivity contribution in [2.45, 2.75) is 56.6 Å². The van der Waals surface area contributed by atoms with Gasteiger partial charge in [0.2, 0.25) is 12.6 Å². The highest BCUT2D eigenvalue weighted by atomic mass is 35.5. The van der Waals surface area contributed by atoms with Crippen LogP contribution in [0.25, 0.3) is 0 Å². The highest BCUT2D eigenvalue weighted by molar-refractivity contribution is 6.31. The molecular formula is C49H46ClFO8. The summed E-state index contributed by atoms with van der Waals surface area (Å²) < 4.78 is 50.7. The highest BCUT2D eigenvalue weighted by Crippen LogP contribution is 2.47. The number of ether oxygens (including phenoxy) is 6. The molecule has 1 saturated heterocycles. The summed E-state index contributed by atoms with van der Waals surface area (Å²) in [7, 11) is 0. The lowest BCUT2D eigenvalue weighted by atomic mass is 9.85. The van der Waals surface area contributed by atoms with E-state index in [4.69, 9.17) is 40.0 Å². The van der Waals surface area contributed by atoms with Gasteiger partial charge in [0.15, 0.2) is 0 Å². The second kappa shape index (κ2) is 20.1. The van der Waals surface area contributed by atoms with Crippen molar-refractivity contribution >= 4 is 11.6 Å². The minimum Gasteiger partial charge on any atom is -0.488 e. The minimum absolute atomic E-state index is 0.0171. The van der Waals surface area contributed by atoms with Gasteiger partial charge in [-0.1, -0.05) is 152 Å². The fraction of sp³-hybridized carbons (Fsp3) is 0.224. The number of hydrogen-bond donors (Lipinski definition) is 2. The maximum Gasteiger partial charge on any atom is 0.228 e. The van der Waals surface area contributed by atoms with Crippen LogP contribution in [0.3, 0.4) is 0 Å². The third-order valence-corrected chi connectivity index (χ3v) is 10.4. The van der Waals surface area contributed by atoms with Crippen LogP contribution in [0, 0.1) is 0 Å². The van der Waals surface area contributed by atoms with Crippen molar-refractivity contribution in [2.24, 2.45) is 0 Å². The molecule has 0 bridgehead atoms. The summed E-state index contributed by atoms with van der Waals surface area (Å²) in [6, 6.07) is 48.0. The Morgan fingerprint density at radius 3 is 1.76 bits per heavy atom. The molecule has 7 rings (SSSR count). The third-order valence-electron chi connectivity index (χ3n) is 10.1. The first-order valence-electron chi connectivity index (χ1n) is 19.3. The van der Waals surface area contributed by atoms with Crippen LogP contribution in [0.5, 0.6) is 11.5 Å². The number of rotatable bonds is 18. The Morgan fingerprint density at radius 1 is 0.678 bits per heavy atom. The molecule has 2 unspecified atom stereocenters. The van der Waals surface area contributed by atoms with Crippen molar-refractivity contribution in [3.05, 3.63) is 214 Å². The summed E-state index contributed by atoms with van der Waals surface area (Å²) in [5, 5.41) is 25.4. The van der Waals surface area contributed by atoms with E-state index in [1.165, 1.54) is 0 Å². The Bertz CT molecular complexity index is 2230. The predicted molar refractivity (Wildman–Crippen MR) is 223 cm³/mol. The van der Waals surface area contributed by atoms with E-state index in [1.54, 1.807) is 36.4 Å². The van der Waals surface area contributed by atoms with Crippen LogP contribution in [-0.2, 0) is 51.2 Å². The molecule has 1 fully saturated rings. The number of hydrogen-bond acceptors (Lipinski definition) is 8. The van der Waals surface area contributed by atoms with Gasteiger partial charge in [-0.15, -0.1) is 0 Å². The molecule has 0 radical (unpaired) electrons. The molecule has 0 spiro atoms. The van der Waals surface area contributed by atoms with E-state index in [-0.39, 0.29) is 54.9 Å². The van der Waals surface area contributed by atoms with E-state index in [1.807, 2.05) is 121 Å². The molecule has 0 amide bonds. The van der Waals surface area contributed by atoms with Gasteiger partial charge in [0.1, 0.15) is 42.5 Å². The maximum atomic E-state index is 13.4. The smallest absolute Gasteiger partial charge is 0.228 e. The Kier molecular flexibility index (Phi) is 14.2. The summed E-state index contributed by atoms with van der Waals surface area (Å²) in [4.78, 5) is 0. The zero-order valence-electron chi connectivity index (χ0n) is 32.4. The fourth-order valence-electron chi connectivity index (χ4n) is 6.98. The quantitative estimate of drug-likeness (QED) is 0.0829. The van der Waals surface area contributed by atoms with E-state index in [2.05, 4.69) is 6.58 Å². The van der Waals surface area contributed by atoms with Gasteiger partial charge in [0.05, 0.1) is 37.0 Å². The summed E-state index contributed by atoms with van der Waals surface area (Å²) in [5.74, 6) is -1.82. The van der Waals surface area contributed by atoms with E-state index in [0.29, 0.717) is 16.9 Å². The molecule has 59 heavy (non-hydrogen) atoms. The standard InChI is InChI=1S/C49H46ClFO8/c1-34-45(32-54-28-35-14-6-2-7-15-35)59-49(53,48(57-31-38-20-12-5-13-21-38)47(34)56-30-37-18-10-4-11-19-37)42-26-41(46(52)39-22-24-40(25-23-39)58-33-51)43(50)27-44(42)55-29-36-16-8-3-9-17-36/h2-27,45-48,52-53H,1,28-33H2/t45-,46?,47+,48-,49?/m1/s1. The van der Waals surface area contributed by atoms with Gasteiger partial charge in [-0.3, -0.25) is 0 Å². The molecule has 1 aliphatic rings. The summed E-state index contributed by atoms with van der Waals surface area (Å²) in [6.07, 6.45) is -4.34. The first kappa shape index (κ1) is 41.8. The number of aliphatic hydroxyl groups excluding tert-OH is 1. The van der Waals surface area contributed by atoms with Crippen LogP contribution < -0.4 is 9.47 Å². The molecule has 2 N–H and O–H groups in total. The van der Waals surface area contributed by atoms with Crippen molar-refractivity contribution in [3.63, 3.8) is 0 Å². The maximum absolute atomic E-state index is 13.4. The lowest BCUT2D eigenvalue weighted by Gasteiger charge is -2.48. The molecule has 6 aromatic carbocycles. The van der Waals surface area contributed by atoms with Crippen molar-refractivity contribution in [1.82, 2.24) is 0 Å². The Labute approximate surface area is 349 Å². The monoisotopic (exact) mass is 816 g/mol. The van der Waals surface area contributed by atoms with E-state index in [0.717, 1.165) is 22.3 Å². The van der Waals surface area contributed by atoms with Crippen molar-refractivity contribution in [3.8, 4) is 11.5 Å². The lowest BCUT2D eigenvalue weighted by Crippen LogP contribution is -2.59. The van der Waals surface area contributed by atoms with Gasteiger partial charge in [0.25, 0.3) is 0 Å². The molecule has 6 aromatic rings. The predicted octanol–water partition coefficient (Wildman–Crippen LogP) is 9.79. The molecule has 1 heterocycles. The fourth-order valence-corrected chi connectivity index (χ4v) is 7.24. The number of halogens is 2. The first-order chi connectivity index (χ1) is 28.8. The Morgan fingerprint density at radius 2 is 1.20 bits per heavy atom.